The summed E-state index contributed by atoms with van der Waals surface area (Å²) < 4.78 is 34.1. The Hall–Kier alpha value is -17.3. The Kier molecular flexibility index (Phi) is 26.8. The van der Waals surface area contributed by atoms with Crippen molar-refractivity contribution in [2.75, 3.05) is 42.2 Å². The van der Waals surface area contributed by atoms with E-state index in [0.29, 0.717) is 69.4 Å². The number of hydrogen-bond acceptors (Lipinski definition) is 15. The highest BCUT2D eigenvalue weighted by molar-refractivity contribution is 6.28. The summed E-state index contributed by atoms with van der Waals surface area (Å²) in [7, 11) is 8.35. The molecule has 16 aromatic rings. The lowest BCUT2D eigenvalue weighted by atomic mass is 9.65. The van der Waals surface area contributed by atoms with E-state index >= 15 is 0 Å². The SMILES string of the molecule is CCCCCCCCCCCCOc1ccc(-c2nc(-c3ccccc3)cc(-c3ccc4ccc5c(-c6ccccc6OC)ccc6ccc3c4c65)n2)c(O)c1.COc1ccc(-c2cc(-c3ccccc3)nc(C3=CC=C4C=CC5=C6C(=CC=C3C46)CC=C5c3ccccc3OC)n2)c(O)c1.COc1ccc(-c2cc(C3=CC=C4C=CC5=C6C(=CC=C3C46)CC=C5c3ccccc3OC)nc(-c3ccccc3)n2)c(O)c1. The van der Waals surface area contributed by atoms with Gasteiger partial charge >= 0.3 is 0 Å². The fraction of sp³-hybridized carbons (Fsp3) is 0.160. The molecule has 0 saturated heterocycles. The largest absolute Gasteiger partial charge is 0.507 e. The van der Waals surface area contributed by atoms with Crippen LogP contribution in [-0.2, 0) is 0 Å². The summed E-state index contributed by atoms with van der Waals surface area (Å²) >= 11 is 0. The zero-order chi connectivity index (χ0) is 99.3. The predicted molar refractivity (Wildman–Crippen MR) is 590 cm³/mol. The normalized spacial score (nSPS) is 15.4. The van der Waals surface area contributed by atoms with Crippen LogP contribution in [0.3, 0.4) is 0 Å². The van der Waals surface area contributed by atoms with Gasteiger partial charge in [-0.3, -0.25) is 0 Å². The number of benzene rings is 13. The van der Waals surface area contributed by atoms with Crippen molar-refractivity contribution < 1.29 is 43.7 Å². The Morgan fingerprint density at radius 3 is 1.21 bits per heavy atom. The molecule has 13 aromatic carbocycles. The average molecular weight is 1910 g/mol. The fourth-order valence-electron chi connectivity index (χ4n) is 21.8. The molecule has 2 atom stereocenters. The van der Waals surface area contributed by atoms with Crippen LogP contribution in [0.2, 0.25) is 0 Å². The molecule has 0 spiro atoms. The second-order valence-electron chi connectivity index (χ2n) is 37.7. The number of ether oxygens (including phenoxy) is 6. The van der Waals surface area contributed by atoms with Crippen LogP contribution in [0.25, 0.3) is 145 Å². The summed E-state index contributed by atoms with van der Waals surface area (Å²) in [4.78, 5) is 30.4. The summed E-state index contributed by atoms with van der Waals surface area (Å²) in [6.07, 6.45) is 45.9. The number of nitrogens with zero attached hydrogens (tertiary/aromatic N) is 6. The van der Waals surface area contributed by atoms with Gasteiger partial charge in [-0.05, 0) is 197 Å². The van der Waals surface area contributed by atoms with Gasteiger partial charge in [0.2, 0.25) is 0 Å². The number of phenols is 3. The van der Waals surface area contributed by atoms with E-state index in [1.165, 1.54) is 145 Å². The van der Waals surface area contributed by atoms with E-state index in [1.807, 2.05) is 164 Å². The van der Waals surface area contributed by atoms with Crippen LogP contribution >= 0.6 is 0 Å². The molecule has 3 aromatic heterocycles. The second-order valence-corrected chi connectivity index (χ2v) is 37.7. The number of unbranched alkanes of at least 4 members (excludes halogenated alkanes) is 9. The average Bonchev–Trinajstić information content (AvgIpc) is 0.728. The first kappa shape index (κ1) is 93.7. The second kappa shape index (κ2) is 41.7. The number of allylic oxidation sites excluding steroid dienone is 28. The number of para-hydroxylation sites is 3. The van der Waals surface area contributed by atoms with E-state index in [2.05, 4.69) is 195 Å². The van der Waals surface area contributed by atoms with Crippen LogP contribution < -0.4 is 28.4 Å². The lowest BCUT2D eigenvalue weighted by Crippen LogP contribution is -2.24. The van der Waals surface area contributed by atoms with Gasteiger partial charge in [-0.1, -0.05) is 344 Å². The van der Waals surface area contributed by atoms with Crippen molar-refractivity contribution in [3.8, 4) is 142 Å². The summed E-state index contributed by atoms with van der Waals surface area (Å²) in [5, 5.41) is 40.4. The fourth-order valence-corrected chi connectivity index (χ4v) is 21.8. The van der Waals surface area contributed by atoms with Crippen molar-refractivity contribution in [2.45, 2.75) is 84.0 Å². The Balaban J connectivity index is 0.000000126. The molecule has 0 radical (unpaired) electrons. The number of phenolic OH excluding ortho intramolecular Hbond substituents is 3. The number of aromatic hydroxyl groups is 3. The molecule has 0 saturated carbocycles. The Morgan fingerprint density at radius 2 is 0.685 bits per heavy atom. The van der Waals surface area contributed by atoms with Gasteiger partial charge in [-0.25, -0.2) is 29.9 Å². The highest BCUT2D eigenvalue weighted by Gasteiger charge is 2.41. The maximum atomic E-state index is 11.4. The van der Waals surface area contributed by atoms with Gasteiger partial charge in [-0.15, -0.1) is 0 Å². The molecular formula is C131H110N6O9. The van der Waals surface area contributed by atoms with E-state index < -0.39 is 0 Å². The van der Waals surface area contributed by atoms with E-state index in [4.69, 9.17) is 58.3 Å². The van der Waals surface area contributed by atoms with Crippen LogP contribution in [-0.4, -0.2) is 87.4 Å². The van der Waals surface area contributed by atoms with Crippen LogP contribution in [0.4, 0.5) is 0 Å². The summed E-state index contributed by atoms with van der Waals surface area (Å²) in [6, 6.07) is 94.6. The number of methoxy groups -OCH3 is 5. The van der Waals surface area contributed by atoms with Gasteiger partial charge < -0.3 is 43.7 Å². The molecular weight excluding hydrogens is 1800 g/mol. The van der Waals surface area contributed by atoms with E-state index in [1.54, 1.807) is 53.7 Å². The van der Waals surface area contributed by atoms with Crippen molar-refractivity contribution in [1.82, 2.24) is 29.9 Å². The molecule has 2 unspecified atom stereocenters. The molecule has 146 heavy (non-hydrogen) atoms. The van der Waals surface area contributed by atoms with Gasteiger partial charge in [0.25, 0.3) is 0 Å². The number of rotatable bonds is 29. The van der Waals surface area contributed by atoms with Crippen molar-refractivity contribution in [2.24, 2.45) is 11.8 Å². The molecule has 3 N–H and O–H groups in total. The van der Waals surface area contributed by atoms with E-state index in [9.17, 15) is 15.3 Å². The number of aromatic nitrogens is 6. The zero-order valence-electron chi connectivity index (χ0n) is 82.5. The Labute approximate surface area is 851 Å². The number of hydrogen-bond donors (Lipinski definition) is 3. The van der Waals surface area contributed by atoms with Gasteiger partial charge in [0, 0.05) is 91.3 Å². The zero-order valence-corrected chi connectivity index (χ0v) is 82.5. The maximum absolute atomic E-state index is 11.4. The van der Waals surface area contributed by atoms with Crippen LogP contribution in [0.5, 0.6) is 51.7 Å². The molecule has 24 rings (SSSR count). The highest BCUT2D eigenvalue weighted by atomic mass is 16.5. The first-order valence-electron chi connectivity index (χ1n) is 50.5. The summed E-state index contributed by atoms with van der Waals surface area (Å²) in [5.74, 6) is 6.57. The van der Waals surface area contributed by atoms with Crippen LogP contribution in [0, 0.1) is 11.8 Å². The minimum absolute atomic E-state index is 0.0743. The van der Waals surface area contributed by atoms with Crippen molar-refractivity contribution >= 4 is 54.6 Å². The molecule has 8 aliphatic carbocycles. The molecule has 8 aliphatic rings. The Bertz CT molecular complexity index is 8000. The smallest absolute Gasteiger partial charge is 0.164 e. The van der Waals surface area contributed by atoms with Crippen molar-refractivity contribution in [1.29, 1.82) is 0 Å². The lowest BCUT2D eigenvalue weighted by Gasteiger charge is -2.38. The van der Waals surface area contributed by atoms with Crippen LogP contribution in [0.1, 0.15) is 107 Å². The third-order valence-corrected chi connectivity index (χ3v) is 29.0. The predicted octanol–water partition coefficient (Wildman–Crippen LogP) is 31.4. The maximum Gasteiger partial charge on any atom is 0.164 e. The first-order chi connectivity index (χ1) is 71.9. The highest BCUT2D eigenvalue weighted by Crippen LogP contribution is 2.57. The standard InChI is InChI=1S/C51H50N2O3.2C40H30N2O3/c1-3-4-5-6-7-8-9-10-11-17-32-56-38-26-31-44(47(54)33-38)51-52-45(35-18-13-12-14-19-35)34-46(53-51)40-28-23-37-24-29-42-39(41-20-15-16-21-48(41)55-2)27-22-36-25-30-43(40)50(37)49(36)42;1-44-27-16-21-33(36(43)22-27)35-23-34(41-40(42-35)26-8-4-3-5-9-26)29-18-13-25-14-19-31-28(30-10-6-7-11-37(30)45-2)17-12-24-15-20-32(29)39(25)38(24)31;1-44-27-16-21-33(36(43)22-27)35-23-34(24-8-4-3-5-9-24)41-40(42-35)32-20-15-26-13-18-30-28(29-10-6-7-11-37(29)45-2)17-12-25-14-19-31(32)39(26)38(25)30/h12-16,18-31,33-34,54H,3-11,17,32H2,1-2H3;2*3-11,13-23,39,43H,12H2,1-2H3. The molecule has 15 heteroatoms. The molecule has 718 valence electrons. The topological polar surface area (TPSA) is 193 Å². The molecule has 3 heterocycles. The van der Waals surface area contributed by atoms with Gasteiger partial charge in [0.1, 0.15) is 51.7 Å². The molecule has 0 aliphatic heterocycles. The van der Waals surface area contributed by atoms with Crippen LogP contribution in [0.15, 0.2) is 426 Å². The molecule has 0 bridgehead atoms. The van der Waals surface area contributed by atoms with Crippen molar-refractivity contribution in [3.63, 3.8) is 0 Å². The molecule has 0 amide bonds. The minimum Gasteiger partial charge on any atom is -0.507 e. The third-order valence-electron chi connectivity index (χ3n) is 29.0. The van der Waals surface area contributed by atoms with Gasteiger partial charge in [0.15, 0.2) is 17.5 Å². The van der Waals surface area contributed by atoms with E-state index in [0.717, 1.165) is 127 Å². The lowest BCUT2D eigenvalue weighted by molar-refractivity contribution is 0.302. The minimum atomic E-state index is 0.0743. The Morgan fingerprint density at radius 1 is 0.288 bits per heavy atom. The van der Waals surface area contributed by atoms with E-state index in [-0.39, 0.29) is 29.1 Å². The van der Waals surface area contributed by atoms with Crippen molar-refractivity contribution in [3.05, 3.63) is 449 Å². The van der Waals surface area contributed by atoms with Gasteiger partial charge in [0.05, 0.1) is 81.9 Å². The summed E-state index contributed by atoms with van der Waals surface area (Å²) in [5.41, 5.74) is 31.7. The summed E-state index contributed by atoms with van der Waals surface area (Å²) in [6.45, 7) is 2.90. The monoisotopic (exact) mass is 1910 g/mol. The quantitative estimate of drug-likeness (QED) is 0.0296. The third kappa shape index (κ3) is 18.4. The molecule has 0 fully saturated rings. The first-order valence-corrected chi connectivity index (χ1v) is 50.5. The molecule has 15 nitrogen and oxygen atoms in total. The van der Waals surface area contributed by atoms with Gasteiger partial charge in [-0.2, -0.15) is 0 Å².